The normalized spacial score (nSPS) is 24.4. The summed E-state index contributed by atoms with van der Waals surface area (Å²) in [7, 11) is 1.95. The minimum absolute atomic E-state index is 0.753. The molecular weight excluding hydrogens is 232 g/mol. The number of hydrogen-bond acceptors (Lipinski definition) is 2. The highest BCUT2D eigenvalue weighted by Crippen LogP contribution is 2.33. The Balaban J connectivity index is 2.17. The highest BCUT2D eigenvalue weighted by molar-refractivity contribution is 6.33. The molecule has 2 atom stereocenters. The van der Waals surface area contributed by atoms with E-state index in [0.29, 0.717) is 0 Å². The maximum Gasteiger partial charge on any atom is 0.0642 e. The minimum Gasteiger partial charge on any atom is -0.370 e. The van der Waals surface area contributed by atoms with E-state index in [1.165, 1.54) is 11.3 Å². The van der Waals surface area contributed by atoms with Gasteiger partial charge in [0, 0.05) is 19.6 Å². The molecule has 0 aromatic heterocycles. The van der Waals surface area contributed by atoms with Crippen molar-refractivity contribution in [3.8, 4) is 0 Å². The van der Waals surface area contributed by atoms with Crippen LogP contribution in [0.15, 0.2) is 18.2 Å². The van der Waals surface area contributed by atoms with Gasteiger partial charge in [-0.15, -0.1) is 0 Å². The minimum atomic E-state index is 0.753. The van der Waals surface area contributed by atoms with E-state index in [9.17, 15) is 0 Å². The first kappa shape index (κ1) is 12.7. The highest BCUT2D eigenvalue weighted by atomic mass is 35.5. The Morgan fingerprint density at radius 1 is 1.29 bits per heavy atom. The number of nitrogens with one attached hydrogen (secondary N) is 1. The monoisotopic (exact) mass is 252 g/mol. The summed E-state index contributed by atoms with van der Waals surface area (Å²) in [5.74, 6) is 1.51. The van der Waals surface area contributed by atoms with Crippen LogP contribution in [-0.4, -0.2) is 20.1 Å². The van der Waals surface area contributed by atoms with E-state index in [0.717, 1.165) is 36.5 Å². The van der Waals surface area contributed by atoms with Crippen molar-refractivity contribution in [2.24, 2.45) is 11.8 Å². The summed E-state index contributed by atoms with van der Waals surface area (Å²) in [5.41, 5.74) is 2.42. The van der Waals surface area contributed by atoms with E-state index in [2.05, 4.69) is 42.3 Å². The molecule has 1 N–H and O–H groups in total. The van der Waals surface area contributed by atoms with Crippen LogP contribution in [0.25, 0.3) is 0 Å². The molecule has 17 heavy (non-hydrogen) atoms. The number of anilines is 1. The summed E-state index contributed by atoms with van der Waals surface area (Å²) in [6.07, 6.45) is 0. The zero-order valence-electron chi connectivity index (χ0n) is 10.8. The van der Waals surface area contributed by atoms with Crippen LogP contribution in [0.4, 0.5) is 5.69 Å². The average Bonchev–Trinajstić information content (AvgIpc) is 2.59. The molecule has 1 heterocycles. The zero-order chi connectivity index (χ0) is 12.4. The van der Waals surface area contributed by atoms with Gasteiger partial charge in [-0.05, 0) is 36.6 Å². The molecule has 0 aliphatic carbocycles. The fourth-order valence-electron chi connectivity index (χ4n) is 2.45. The van der Waals surface area contributed by atoms with E-state index in [1.807, 2.05) is 7.05 Å². The van der Waals surface area contributed by atoms with Gasteiger partial charge < -0.3 is 10.2 Å². The van der Waals surface area contributed by atoms with E-state index >= 15 is 0 Å². The molecular formula is C14H21ClN2. The number of nitrogens with zero attached hydrogens (tertiary/aromatic N) is 1. The summed E-state index contributed by atoms with van der Waals surface area (Å²) in [6, 6.07) is 6.38. The van der Waals surface area contributed by atoms with Crippen LogP contribution >= 0.6 is 11.6 Å². The lowest BCUT2D eigenvalue weighted by Crippen LogP contribution is -2.20. The van der Waals surface area contributed by atoms with Crippen molar-refractivity contribution in [2.75, 3.05) is 25.0 Å². The molecule has 0 bridgehead atoms. The lowest BCUT2D eigenvalue weighted by Gasteiger charge is -2.20. The van der Waals surface area contributed by atoms with Crippen LogP contribution in [0.3, 0.4) is 0 Å². The fraction of sp³-hybridized carbons (Fsp3) is 0.571. The number of hydrogen-bond donors (Lipinski definition) is 1. The largest absolute Gasteiger partial charge is 0.370 e. The van der Waals surface area contributed by atoms with Crippen LogP contribution in [-0.2, 0) is 6.54 Å². The Labute approximate surface area is 109 Å². The van der Waals surface area contributed by atoms with E-state index in [4.69, 9.17) is 11.6 Å². The standard InChI is InChI=1S/C14H21ClN2/c1-10-8-17(9-11(10)2)14-5-4-12(7-16-3)6-13(14)15/h4-6,10-11,16H,7-9H2,1-3H3. The second kappa shape index (κ2) is 5.28. The third-order valence-corrected chi connectivity index (χ3v) is 4.02. The molecule has 94 valence electrons. The number of benzene rings is 1. The maximum absolute atomic E-state index is 6.37. The second-order valence-electron chi connectivity index (χ2n) is 5.18. The third kappa shape index (κ3) is 2.75. The van der Waals surface area contributed by atoms with E-state index in [1.54, 1.807) is 0 Å². The van der Waals surface area contributed by atoms with Gasteiger partial charge in [-0.3, -0.25) is 0 Å². The molecule has 1 aliphatic rings. The third-order valence-electron chi connectivity index (χ3n) is 3.72. The van der Waals surface area contributed by atoms with Crippen molar-refractivity contribution >= 4 is 17.3 Å². The Hall–Kier alpha value is -0.730. The Bertz CT molecular complexity index is 382. The molecule has 2 unspecified atom stereocenters. The lowest BCUT2D eigenvalue weighted by atomic mass is 10.0. The topological polar surface area (TPSA) is 15.3 Å². The SMILES string of the molecule is CNCc1ccc(N2CC(C)C(C)C2)c(Cl)c1. The van der Waals surface area contributed by atoms with Gasteiger partial charge in [-0.2, -0.15) is 0 Å². The number of halogens is 1. The summed E-state index contributed by atoms with van der Waals surface area (Å²) >= 11 is 6.37. The zero-order valence-corrected chi connectivity index (χ0v) is 11.6. The molecule has 0 saturated carbocycles. The summed E-state index contributed by atoms with van der Waals surface area (Å²) in [6.45, 7) is 7.73. The average molecular weight is 253 g/mol. The molecule has 2 nitrogen and oxygen atoms in total. The van der Waals surface area contributed by atoms with Crippen molar-refractivity contribution < 1.29 is 0 Å². The number of rotatable bonds is 3. The molecule has 0 amide bonds. The molecule has 1 fully saturated rings. The van der Waals surface area contributed by atoms with E-state index < -0.39 is 0 Å². The Kier molecular flexibility index (Phi) is 3.95. The molecule has 1 aliphatic heterocycles. The summed E-state index contributed by atoms with van der Waals surface area (Å²) < 4.78 is 0. The van der Waals surface area contributed by atoms with Crippen molar-refractivity contribution in [1.82, 2.24) is 5.32 Å². The van der Waals surface area contributed by atoms with Crippen LogP contribution in [0, 0.1) is 11.8 Å². The van der Waals surface area contributed by atoms with Crippen molar-refractivity contribution in [1.29, 1.82) is 0 Å². The Morgan fingerprint density at radius 2 is 1.94 bits per heavy atom. The van der Waals surface area contributed by atoms with Gasteiger partial charge in [0.25, 0.3) is 0 Å². The van der Waals surface area contributed by atoms with Crippen LogP contribution in [0.2, 0.25) is 5.02 Å². The van der Waals surface area contributed by atoms with Gasteiger partial charge in [0.15, 0.2) is 0 Å². The van der Waals surface area contributed by atoms with Crippen molar-refractivity contribution in [2.45, 2.75) is 20.4 Å². The molecule has 1 saturated heterocycles. The van der Waals surface area contributed by atoms with Gasteiger partial charge in [-0.25, -0.2) is 0 Å². The smallest absolute Gasteiger partial charge is 0.0642 e. The van der Waals surface area contributed by atoms with Crippen LogP contribution in [0.5, 0.6) is 0 Å². The van der Waals surface area contributed by atoms with Gasteiger partial charge in [0.2, 0.25) is 0 Å². The van der Waals surface area contributed by atoms with Crippen molar-refractivity contribution in [3.05, 3.63) is 28.8 Å². The van der Waals surface area contributed by atoms with Gasteiger partial charge >= 0.3 is 0 Å². The maximum atomic E-state index is 6.37. The highest BCUT2D eigenvalue weighted by Gasteiger charge is 2.27. The second-order valence-corrected chi connectivity index (χ2v) is 5.58. The first-order chi connectivity index (χ1) is 8.11. The first-order valence-corrected chi connectivity index (χ1v) is 6.67. The summed E-state index contributed by atoms with van der Waals surface area (Å²) in [5, 5.41) is 4.02. The molecule has 0 spiro atoms. The Morgan fingerprint density at radius 3 is 2.47 bits per heavy atom. The molecule has 1 aromatic carbocycles. The molecule has 2 rings (SSSR count). The lowest BCUT2D eigenvalue weighted by molar-refractivity contribution is 0.494. The van der Waals surface area contributed by atoms with Crippen molar-refractivity contribution in [3.63, 3.8) is 0 Å². The molecule has 0 radical (unpaired) electrons. The van der Waals surface area contributed by atoms with E-state index in [-0.39, 0.29) is 0 Å². The van der Waals surface area contributed by atoms with Crippen LogP contribution in [0.1, 0.15) is 19.4 Å². The quantitative estimate of drug-likeness (QED) is 0.889. The predicted octanol–water partition coefficient (Wildman–Crippen LogP) is 3.15. The first-order valence-electron chi connectivity index (χ1n) is 6.29. The predicted molar refractivity (Wildman–Crippen MR) is 74.8 cm³/mol. The fourth-order valence-corrected chi connectivity index (χ4v) is 2.77. The van der Waals surface area contributed by atoms with Crippen LogP contribution < -0.4 is 10.2 Å². The molecule has 1 aromatic rings. The molecule has 3 heteroatoms. The van der Waals surface area contributed by atoms with Gasteiger partial charge in [-0.1, -0.05) is 31.5 Å². The van der Waals surface area contributed by atoms with Gasteiger partial charge in [0.1, 0.15) is 0 Å². The summed E-state index contributed by atoms with van der Waals surface area (Å²) in [4.78, 5) is 2.40. The van der Waals surface area contributed by atoms with Gasteiger partial charge in [0.05, 0.1) is 10.7 Å².